The normalized spacial score (nSPS) is 13.3. The van der Waals surface area contributed by atoms with Crippen LogP contribution in [0, 0.1) is 12.8 Å². The first-order chi connectivity index (χ1) is 10.8. The molecule has 0 aliphatic rings. The Morgan fingerprint density at radius 2 is 1.71 bits per heavy atom. The number of aliphatic imine (C=N–C) groups is 1. The Hall–Kier alpha value is -0.870. The zero-order valence-electron chi connectivity index (χ0n) is 15.0. The summed E-state index contributed by atoms with van der Waals surface area (Å²) in [6.07, 6.45) is 0. The molecule has 0 aromatic heterocycles. The molecule has 3 N–H and O–H groups in total. The lowest BCUT2D eigenvalue weighted by Gasteiger charge is -2.20. The van der Waals surface area contributed by atoms with E-state index in [9.17, 15) is 8.42 Å². The molecule has 0 spiro atoms. The third-order valence-corrected chi connectivity index (χ3v) is 5.11. The minimum absolute atomic E-state index is 0. The molecule has 1 aromatic rings. The molecule has 0 heterocycles. The highest BCUT2D eigenvalue weighted by molar-refractivity contribution is 14.0. The number of nitrogens with one attached hydrogen (secondary N) is 3. The van der Waals surface area contributed by atoms with E-state index < -0.39 is 10.0 Å². The van der Waals surface area contributed by atoms with Crippen molar-refractivity contribution in [2.45, 2.75) is 38.6 Å². The van der Waals surface area contributed by atoms with Crippen LogP contribution in [0.1, 0.15) is 26.3 Å². The van der Waals surface area contributed by atoms with Gasteiger partial charge < -0.3 is 10.6 Å². The molecule has 0 radical (unpaired) electrons. The van der Waals surface area contributed by atoms with Crippen LogP contribution in [0.25, 0.3) is 0 Å². The van der Waals surface area contributed by atoms with E-state index in [1.807, 2.05) is 6.92 Å². The number of rotatable bonds is 7. The topological polar surface area (TPSA) is 82.6 Å². The van der Waals surface area contributed by atoms with Crippen molar-refractivity contribution in [1.29, 1.82) is 0 Å². The Balaban J connectivity index is 0.00000529. The summed E-state index contributed by atoms with van der Waals surface area (Å²) in [7, 11) is -1.78. The zero-order chi connectivity index (χ0) is 17.5. The van der Waals surface area contributed by atoms with Crippen molar-refractivity contribution in [3.63, 3.8) is 0 Å². The van der Waals surface area contributed by atoms with Gasteiger partial charge in [-0.3, -0.25) is 4.99 Å². The largest absolute Gasteiger partial charge is 0.355 e. The Morgan fingerprint density at radius 1 is 1.12 bits per heavy atom. The summed E-state index contributed by atoms with van der Waals surface area (Å²) in [6, 6.07) is 7.06. The fourth-order valence-corrected chi connectivity index (χ4v) is 2.78. The van der Waals surface area contributed by atoms with Gasteiger partial charge in [0.1, 0.15) is 0 Å². The highest BCUT2D eigenvalue weighted by Gasteiger charge is 2.13. The van der Waals surface area contributed by atoms with Gasteiger partial charge in [-0.05, 0) is 31.9 Å². The van der Waals surface area contributed by atoms with E-state index in [2.05, 4.69) is 41.1 Å². The van der Waals surface area contributed by atoms with E-state index >= 15 is 0 Å². The summed E-state index contributed by atoms with van der Waals surface area (Å²) >= 11 is 0. The number of hydrogen-bond acceptors (Lipinski definition) is 3. The van der Waals surface area contributed by atoms with Crippen molar-refractivity contribution in [3.8, 4) is 0 Å². The molecule has 1 aromatic carbocycles. The van der Waals surface area contributed by atoms with Gasteiger partial charge in [-0.2, -0.15) is 0 Å². The molecule has 1 atom stereocenters. The van der Waals surface area contributed by atoms with E-state index in [1.165, 1.54) is 0 Å². The van der Waals surface area contributed by atoms with Crippen molar-refractivity contribution in [2.24, 2.45) is 10.9 Å². The molecule has 138 valence electrons. The molecule has 24 heavy (non-hydrogen) atoms. The van der Waals surface area contributed by atoms with Gasteiger partial charge in [0.2, 0.25) is 10.0 Å². The number of sulfonamides is 1. The first kappa shape index (κ1) is 23.1. The average Bonchev–Trinajstić information content (AvgIpc) is 2.50. The maximum atomic E-state index is 12.1. The molecule has 1 unspecified atom stereocenters. The Labute approximate surface area is 163 Å². The van der Waals surface area contributed by atoms with E-state index in [0.29, 0.717) is 18.4 Å². The minimum atomic E-state index is -3.47. The quantitative estimate of drug-likeness (QED) is 0.248. The summed E-state index contributed by atoms with van der Waals surface area (Å²) in [5.41, 5.74) is 1.03. The van der Waals surface area contributed by atoms with Crippen molar-refractivity contribution < 1.29 is 8.42 Å². The molecule has 0 aliphatic heterocycles. The van der Waals surface area contributed by atoms with Crippen LogP contribution in [-0.4, -0.2) is 40.6 Å². The van der Waals surface area contributed by atoms with Gasteiger partial charge in [0, 0.05) is 26.2 Å². The monoisotopic (exact) mass is 468 g/mol. The van der Waals surface area contributed by atoms with Gasteiger partial charge in [-0.25, -0.2) is 13.1 Å². The molecular weight excluding hydrogens is 439 g/mol. The van der Waals surface area contributed by atoms with Gasteiger partial charge in [0.25, 0.3) is 0 Å². The van der Waals surface area contributed by atoms with Crippen LogP contribution in [0.3, 0.4) is 0 Å². The van der Waals surface area contributed by atoms with Crippen LogP contribution in [0.15, 0.2) is 34.2 Å². The van der Waals surface area contributed by atoms with Crippen molar-refractivity contribution in [3.05, 3.63) is 29.8 Å². The van der Waals surface area contributed by atoms with E-state index in [1.54, 1.807) is 31.3 Å². The molecule has 0 bridgehead atoms. The molecular formula is C16H29IN4O2S. The van der Waals surface area contributed by atoms with Crippen LogP contribution in [0.5, 0.6) is 0 Å². The summed E-state index contributed by atoms with van der Waals surface area (Å²) in [4.78, 5) is 4.41. The summed E-state index contributed by atoms with van der Waals surface area (Å²) in [5, 5.41) is 6.36. The van der Waals surface area contributed by atoms with E-state index in [4.69, 9.17) is 0 Å². The predicted molar refractivity (Wildman–Crippen MR) is 111 cm³/mol. The number of guanidine groups is 1. The molecule has 6 nitrogen and oxygen atoms in total. The van der Waals surface area contributed by atoms with Crippen LogP contribution < -0.4 is 15.4 Å². The van der Waals surface area contributed by atoms with Crippen LogP contribution in [0.2, 0.25) is 0 Å². The van der Waals surface area contributed by atoms with Gasteiger partial charge in [-0.15, -0.1) is 24.0 Å². The number of benzene rings is 1. The van der Waals surface area contributed by atoms with Gasteiger partial charge in [0.05, 0.1) is 4.90 Å². The first-order valence-corrected chi connectivity index (χ1v) is 9.28. The predicted octanol–water partition coefficient (Wildman–Crippen LogP) is 2.10. The second kappa shape index (κ2) is 10.9. The Morgan fingerprint density at radius 3 is 2.21 bits per heavy atom. The maximum Gasteiger partial charge on any atom is 0.240 e. The highest BCUT2D eigenvalue weighted by Crippen LogP contribution is 2.09. The molecule has 8 heteroatoms. The molecule has 0 fully saturated rings. The average molecular weight is 468 g/mol. The molecule has 0 saturated heterocycles. The fourth-order valence-electron chi connectivity index (χ4n) is 1.74. The summed E-state index contributed by atoms with van der Waals surface area (Å²) in [5.74, 6) is 1.15. The van der Waals surface area contributed by atoms with Crippen LogP contribution in [-0.2, 0) is 10.0 Å². The number of halogens is 1. The van der Waals surface area contributed by atoms with Gasteiger partial charge in [-0.1, -0.05) is 31.5 Å². The van der Waals surface area contributed by atoms with Crippen molar-refractivity contribution in [2.75, 3.05) is 20.1 Å². The van der Waals surface area contributed by atoms with Crippen LogP contribution >= 0.6 is 24.0 Å². The third kappa shape index (κ3) is 7.80. The lowest BCUT2D eigenvalue weighted by molar-refractivity contribution is 0.481. The number of hydrogen-bond donors (Lipinski definition) is 3. The van der Waals surface area contributed by atoms with Gasteiger partial charge >= 0.3 is 0 Å². The van der Waals surface area contributed by atoms with Crippen molar-refractivity contribution >= 4 is 40.0 Å². The van der Waals surface area contributed by atoms with Crippen LogP contribution in [0.4, 0.5) is 0 Å². The van der Waals surface area contributed by atoms with E-state index in [-0.39, 0.29) is 41.5 Å². The summed E-state index contributed by atoms with van der Waals surface area (Å²) < 4.78 is 26.9. The first-order valence-electron chi connectivity index (χ1n) is 7.79. The number of nitrogens with zero attached hydrogens (tertiary/aromatic N) is 1. The number of aryl methyl sites for hydroxylation is 1. The zero-order valence-corrected chi connectivity index (χ0v) is 18.1. The SMILES string of the molecule is CN=C(NCCNS(=O)(=O)c1ccc(C)cc1)NC(C)C(C)C.I. The third-order valence-electron chi connectivity index (χ3n) is 3.63. The Kier molecular flexibility index (Phi) is 10.5. The lowest BCUT2D eigenvalue weighted by Crippen LogP contribution is -2.46. The van der Waals surface area contributed by atoms with Crippen molar-refractivity contribution in [1.82, 2.24) is 15.4 Å². The van der Waals surface area contributed by atoms with E-state index in [0.717, 1.165) is 5.56 Å². The second-order valence-electron chi connectivity index (χ2n) is 5.89. The fraction of sp³-hybridized carbons (Fsp3) is 0.562. The highest BCUT2D eigenvalue weighted by atomic mass is 127. The Bertz CT molecular complexity index is 615. The summed E-state index contributed by atoms with van der Waals surface area (Å²) in [6.45, 7) is 8.99. The molecule has 0 amide bonds. The second-order valence-corrected chi connectivity index (χ2v) is 7.65. The molecule has 1 rings (SSSR count). The lowest BCUT2D eigenvalue weighted by atomic mass is 10.1. The molecule has 0 aliphatic carbocycles. The standard InChI is InChI=1S/C16H28N4O2S.HI/c1-12(2)14(4)20-16(17-5)18-10-11-19-23(21,22)15-8-6-13(3)7-9-15;/h6-9,12,14,19H,10-11H2,1-5H3,(H2,17,18,20);1H. The maximum absolute atomic E-state index is 12.1. The van der Waals surface area contributed by atoms with Gasteiger partial charge in [0.15, 0.2) is 5.96 Å². The molecule has 0 saturated carbocycles. The minimum Gasteiger partial charge on any atom is -0.355 e. The smallest absolute Gasteiger partial charge is 0.240 e.